The largest absolute Gasteiger partial charge is 0.392 e. The zero-order chi connectivity index (χ0) is 9.26. The van der Waals surface area contributed by atoms with Crippen LogP contribution in [-0.4, -0.2) is 15.1 Å². The van der Waals surface area contributed by atoms with Crippen molar-refractivity contribution in [2.75, 3.05) is 0 Å². The van der Waals surface area contributed by atoms with Gasteiger partial charge in [0.2, 0.25) is 0 Å². The maximum absolute atomic E-state index is 8.98. The third-order valence-corrected chi connectivity index (χ3v) is 1.95. The van der Waals surface area contributed by atoms with Crippen LogP contribution in [0.4, 0.5) is 0 Å². The van der Waals surface area contributed by atoms with Crippen LogP contribution in [0.3, 0.4) is 0 Å². The molecule has 0 radical (unpaired) electrons. The standard InChI is InChI=1S/C9H7N3O/c10-3-6-1-2-7(4-13)9-8(6)11-5-12-9/h1-2,5,13H,4H2,(H,11,12). The van der Waals surface area contributed by atoms with Crippen LogP contribution in [0.25, 0.3) is 11.0 Å². The van der Waals surface area contributed by atoms with Crippen LogP contribution in [-0.2, 0) is 6.61 Å². The molecule has 2 rings (SSSR count). The van der Waals surface area contributed by atoms with Crippen molar-refractivity contribution in [1.29, 1.82) is 5.26 Å². The molecule has 1 heterocycles. The number of rotatable bonds is 1. The molecule has 1 aromatic carbocycles. The van der Waals surface area contributed by atoms with Crippen LogP contribution < -0.4 is 0 Å². The molecule has 0 atom stereocenters. The van der Waals surface area contributed by atoms with E-state index in [-0.39, 0.29) is 6.61 Å². The molecule has 2 aromatic rings. The quantitative estimate of drug-likeness (QED) is 0.673. The van der Waals surface area contributed by atoms with Gasteiger partial charge in [-0.2, -0.15) is 5.26 Å². The second-order valence-electron chi connectivity index (χ2n) is 2.67. The molecule has 2 N–H and O–H groups in total. The fourth-order valence-corrected chi connectivity index (χ4v) is 1.31. The van der Waals surface area contributed by atoms with Crippen molar-refractivity contribution < 1.29 is 5.11 Å². The first-order valence-electron chi connectivity index (χ1n) is 3.82. The van der Waals surface area contributed by atoms with Gasteiger partial charge in [0.15, 0.2) is 0 Å². The van der Waals surface area contributed by atoms with Crippen molar-refractivity contribution in [3.8, 4) is 6.07 Å². The van der Waals surface area contributed by atoms with Gasteiger partial charge in [-0.25, -0.2) is 4.98 Å². The Hall–Kier alpha value is -1.86. The van der Waals surface area contributed by atoms with E-state index >= 15 is 0 Å². The number of nitrogens with one attached hydrogen (secondary N) is 1. The average Bonchev–Trinajstić information content (AvgIpc) is 2.64. The number of benzene rings is 1. The summed E-state index contributed by atoms with van der Waals surface area (Å²) in [6, 6.07) is 5.44. The lowest BCUT2D eigenvalue weighted by Crippen LogP contribution is -1.87. The van der Waals surface area contributed by atoms with Gasteiger partial charge in [-0.15, -0.1) is 0 Å². The lowest BCUT2D eigenvalue weighted by atomic mass is 10.1. The van der Waals surface area contributed by atoms with Crippen LogP contribution in [0.1, 0.15) is 11.1 Å². The Bertz CT molecular complexity index is 481. The minimum Gasteiger partial charge on any atom is -0.392 e. The monoisotopic (exact) mass is 173 g/mol. The molecule has 4 nitrogen and oxygen atoms in total. The number of hydrogen-bond donors (Lipinski definition) is 2. The van der Waals surface area contributed by atoms with Gasteiger partial charge in [-0.05, 0) is 6.07 Å². The van der Waals surface area contributed by atoms with Gasteiger partial charge in [-0.3, -0.25) is 0 Å². The zero-order valence-corrected chi connectivity index (χ0v) is 6.78. The molecule has 0 spiro atoms. The molecule has 0 aliphatic heterocycles. The van der Waals surface area contributed by atoms with E-state index in [1.165, 1.54) is 6.33 Å². The number of aliphatic hydroxyl groups is 1. The van der Waals surface area contributed by atoms with Crippen molar-refractivity contribution in [3.63, 3.8) is 0 Å². The van der Waals surface area contributed by atoms with E-state index in [2.05, 4.69) is 16.0 Å². The fourth-order valence-electron chi connectivity index (χ4n) is 1.31. The zero-order valence-electron chi connectivity index (χ0n) is 6.78. The Labute approximate surface area is 74.5 Å². The highest BCUT2D eigenvalue weighted by Crippen LogP contribution is 2.18. The Morgan fingerprint density at radius 3 is 3.08 bits per heavy atom. The summed E-state index contributed by atoms with van der Waals surface area (Å²) in [4.78, 5) is 6.90. The van der Waals surface area contributed by atoms with E-state index in [0.29, 0.717) is 16.6 Å². The van der Waals surface area contributed by atoms with Crippen LogP contribution in [0.5, 0.6) is 0 Å². The maximum atomic E-state index is 8.98. The average molecular weight is 173 g/mol. The lowest BCUT2D eigenvalue weighted by molar-refractivity contribution is 0.283. The van der Waals surface area contributed by atoms with Crippen LogP contribution >= 0.6 is 0 Å². The highest BCUT2D eigenvalue weighted by molar-refractivity contribution is 5.83. The van der Waals surface area contributed by atoms with Crippen LogP contribution in [0.2, 0.25) is 0 Å². The van der Waals surface area contributed by atoms with E-state index in [9.17, 15) is 0 Å². The Morgan fingerprint density at radius 1 is 1.54 bits per heavy atom. The van der Waals surface area contributed by atoms with Crippen LogP contribution in [0.15, 0.2) is 18.5 Å². The van der Waals surface area contributed by atoms with Crippen LogP contribution in [0, 0.1) is 11.3 Å². The lowest BCUT2D eigenvalue weighted by Gasteiger charge is -1.97. The van der Waals surface area contributed by atoms with Crippen molar-refractivity contribution >= 4 is 11.0 Å². The Morgan fingerprint density at radius 2 is 2.38 bits per heavy atom. The predicted octanol–water partition coefficient (Wildman–Crippen LogP) is 0.927. The first kappa shape index (κ1) is 7.77. The molecule has 0 aliphatic carbocycles. The third kappa shape index (κ3) is 1.06. The highest BCUT2D eigenvalue weighted by Gasteiger charge is 2.06. The minimum absolute atomic E-state index is 0.0624. The number of H-pyrrole nitrogens is 1. The number of hydrogen-bond acceptors (Lipinski definition) is 3. The molecule has 0 amide bonds. The van der Waals surface area contributed by atoms with Crippen molar-refractivity contribution in [2.24, 2.45) is 0 Å². The molecular formula is C9H7N3O. The summed E-state index contributed by atoms with van der Waals surface area (Å²) >= 11 is 0. The number of nitrogens with zero attached hydrogens (tertiary/aromatic N) is 2. The maximum Gasteiger partial charge on any atom is 0.101 e. The minimum atomic E-state index is -0.0624. The molecule has 0 unspecified atom stereocenters. The van der Waals surface area contributed by atoms with E-state index in [1.807, 2.05) is 0 Å². The molecule has 0 aliphatic rings. The second kappa shape index (κ2) is 2.88. The topological polar surface area (TPSA) is 72.7 Å². The van der Waals surface area contributed by atoms with Gasteiger partial charge in [0.1, 0.15) is 6.07 Å². The van der Waals surface area contributed by atoms with Crippen molar-refractivity contribution in [2.45, 2.75) is 6.61 Å². The molecule has 13 heavy (non-hydrogen) atoms. The second-order valence-corrected chi connectivity index (χ2v) is 2.67. The van der Waals surface area contributed by atoms with Crippen molar-refractivity contribution in [1.82, 2.24) is 9.97 Å². The van der Waals surface area contributed by atoms with Gasteiger partial charge in [-0.1, -0.05) is 6.07 Å². The fraction of sp³-hybridized carbons (Fsp3) is 0.111. The summed E-state index contributed by atoms with van der Waals surface area (Å²) < 4.78 is 0. The summed E-state index contributed by atoms with van der Waals surface area (Å²) in [6.45, 7) is -0.0624. The number of aromatic nitrogens is 2. The number of imidazole rings is 1. The van der Waals surface area contributed by atoms with Gasteiger partial charge >= 0.3 is 0 Å². The van der Waals surface area contributed by atoms with Gasteiger partial charge in [0, 0.05) is 5.56 Å². The number of fused-ring (bicyclic) bond motifs is 1. The molecule has 0 saturated heterocycles. The SMILES string of the molecule is N#Cc1ccc(CO)c2nc[nH]c12. The van der Waals surface area contributed by atoms with Crippen molar-refractivity contribution in [3.05, 3.63) is 29.6 Å². The molecule has 64 valence electrons. The Balaban J connectivity index is 2.83. The molecular weight excluding hydrogens is 166 g/mol. The molecule has 0 saturated carbocycles. The first-order valence-corrected chi connectivity index (χ1v) is 3.82. The molecule has 4 heteroatoms. The summed E-state index contributed by atoms with van der Waals surface area (Å²) in [7, 11) is 0. The van der Waals surface area contributed by atoms with E-state index < -0.39 is 0 Å². The Kier molecular flexibility index (Phi) is 1.72. The normalized spacial score (nSPS) is 10.2. The molecule has 0 bridgehead atoms. The highest BCUT2D eigenvalue weighted by atomic mass is 16.3. The molecule has 0 fully saturated rings. The number of aliphatic hydroxyl groups excluding tert-OH is 1. The van der Waals surface area contributed by atoms with Gasteiger partial charge < -0.3 is 10.1 Å². The predicted molar refractivity (Wildman–Crippen MR) is 46.7 cm³/mol. The first-order chi connectivity index (χ1) is 6.36. The molecule has 1 aromatic heterocycles. The van der Waals surface area contributed by atoms with E-state index in [1.54, 1.807) is 12.1 Å². The van der Waals surface area contributed by atoms with Gasteiger partial charge in [0.25, 0.3) is 0 Å². The summed E-state index contributed by atoms with van der Waals surface area (Å²) in [5.41, 5.74) is 2.63. The summed E-state index contributed by atoms with van der Waals surface area (Å²) in [6.07, 6.45) is 1.52. The number of nitriles is 1. The van der Waals surface area contributed by atoms with Gasteiger partial charge in [0.05, 0.1) is 29.5 Å². The third-order valence-electron chi connectivity index (χ3n) is 1.95. The number of aromatic amines is 1. The summed E-state index contributed by atoms with van der Waals surface area (Å²) in [5.74, 6) is 0. The smallest absolute Gasteiger partial charge is 0.101 e. The summed E-state index contributed by atoms with van der Waals surface area (Å²) in [5, 5.41) is 17.7. The van der Waals surface area contributed by atoms with E-state index in [0.717, 1.165) is 5.56 Å². The van der Waals surface area contributed by atoms with E-state index in [4.69, 9.17) is 10.4 Å².